The molecule has 4 nitrogen and oxygen atoms in total. The van der Waals surface area contributed by atoms with Crippen molar-refractivity contribution in [1.29, 1.82) is 0 Å². The number of nitrogens with zero attached hydrogens (tertiary/aromatic N) is 1. The number of hydrogen-bond acceptors (Lipinski definition) is 3. The van der Waals surface area contributed by atoms with Crippen LogP contribution in [0.2, 0.25) is 0 Å². The molecule has 5 heteroatoms. The third-order valence-corrected chi connectivity index (χ3v) is 3.17. The summed E-state index contributed by atoms with van der Waals surface area (Å²) in [4.78, 5) is 12.7. The lowest BCUT2D eigenvalue weighted by molar-refractivity contribution is -0.116. The molecule has 0 aliphatic rings. The standard InChI is InChI=1S/C12H18BrN3O/c1-3-15-7-9-4-5-10(6-11(9)13)16(2)8-12(14)17/h4-6,15H,3,7-8H2,1-2H3,(H2,14,17). The lowest BCUT2D eigenvalue weighted by Crippen LogP contribution is -2.30. The molecule has 0 saturated heterocycles. The zero-order valence-electron chi connectivity index (χ0n) is 10.2. The van der Waals surface area contributed by atoms with Gasteiger partial charge in [0.05, 0.1) is 6.54 Å². The maximum absolute atomic E-state index is 10.8. The zero-order valence-corrected chi connectivity index (χ0v) is 11.8. The molecule has 0 heterocycles. The Kier molecular flexibility index (Phi) is 5.44. The fourth-order valence-electron chi connectivity index (χ4n) is 1.50. The minimum atomic E-state index is -0.333. The van der Waals surface area contributed by atoms with Crippen LogP contribution in [0.25, 0.3) is 0 Å². The molecule has 0 fully saturated rings. The summed E-state index contributed by atoms with van der Waals surface area (Å²) in [5.41, 5.74) is 7.33. The number of rotatable bonds is 6. The van der Waals surface area contributed by atoms with Crippen molar-refractivity contribution in [2.45, 2.75) is 13.5 Å². The molecule has 0 aliphatic carbocycles. The first-order valence-electron chi connectivity index (χ1n) is 5.53. The van der Waals surface area contributed by atoms with Gasteiger partial charge < -0.3 is 16.0 Å². The summed E-state index contributed by atoms with van der Waals surface area (Å²) in [6.45, 7) is 4.06. The molecule has 94 valence electrons. The Morgan fingerprint density at radius 2 is 2.24 bits per heavy atom. The van der Waals surface area contributed by atoms with Gasteiger partial charge in [-0.3, -0.25) is 4.79 Å². The van der Waals surface area contributed by atoms with Crippen LogP contribution in [-0.2, 0) is 11.3 Å². The molecule has 17 heavy (non-hydrogen) atoms. The van der Waals surface area contributed by atoms with Gasteiger partial charge in [-0.05, 0) is 24.2 Å². The Morgan fingerprint density at radius 3 is 2.76 bits per heavy atom. The van der Waals surface area contributed by atoms with E-state index in [-0.39, 0.29) is 12.5 Å². The highest BCUT2D eigenvalue weighted by molar-refractivity contribution is 9.10. The number of primary amides is 1. The second-order valence-electron chi connectivity index (χ2n) is 3.88. The second-order valence-corrected chi connectivity index (χ2v) is 4.73. The van der Waals surface area contributed by atoms with Crippen LogP contribution in [0.15, 0.2) is 22.7 Å². The van der Waals surface area contributed by atoms with E-state index >= 15 is 0 Å². The van der Waals surface area contributed by atoms with Crippen LogP contribution in [-0.4, -0.2) is 26.0 Å². The number of anilines is 1. The number of amides is 1. The number of nitrogens with two attached hydrogens (primary N) is 1. The molecule has 0 radical (unpaired) electrons. The van der Waals surface area contributed by atoms with Crippen LogP contribution in [0.5, 0.6) is 0 Å². The van der Waals surface area contributed by atoms with Crippen molar-refractivity contribution in [2.75, 3.05) is 25.0 Å². The van der Waals surface area contributed by atoms with Gasteiger partial charge in [-0.25, -0.2) is 0 Å². The van der Waals surface area contributed by atoms with Gasteiger partial charge in [-0.15, -0.1) is 0 Å². The van der Waals surface area contributed by atoms with Crippen molar-refractivity contribution in [3.8, 4) is 0 Å². The molecule has 1 rings (SSSR count). The molecule has 1 amide bonds. The first kappa shape index (κ1) is 14.0. The number of carbonyl (C=O) groups is 1. The van der Waals surface area contributed by atoms with Gasteiger partial charge in [0.25, 0.3) is 0 Å². The Bertz CT molecular complexity index is 395. The van der Waals surface area contributed by atoms with Crippen LogP contribution in [0.1, 0.15) is 12.5 Å². The van der Waals surface area contributed by atoms with Gasteiger partial charge in [0.2, 0.25) is 5.91 Å². The highest BCUT2D eigenvalue weighted by Gasteiger charge is 2.06. The molecule has 0 atom stereocenters. The average molecular weight is 300 g/mol. The van der Waals surface area contributed by atoms with E-state index in [1.165, 1.54) is 5.56 Å². The Balaban J connectivity index is 2.77. The van der Waals surface area contributed by atoms with E-state index in [0.29, 0.717) is 0 Å². The first-order valence-corrected chi connectivity index (χ1v) is 6.32. The van der Waals surface area contributed by atoms with Crippen LogP contribution < -0.4 is 16.0 Å². The lowest BCUT2D eigenvalue weighted by atomic mass is 10.2. The van der Waals surface area contributed by atoms with Gasteiger partial charge in [-0.2, -0.15) is 0 Å². The van der Waals surface area contributed by atoms with Gasteiger partial charge in [0.1, 0.15) is 0 Å². The van der Waals surface area contributed by atoms with E-state index in [1.807, 2.05) is 30.1 Å². The van der Waals surface area contributed by atoms with Crippen LogP contribution in [0, 0.1) is 0 Å². The maximum Gasteiger partial charge on any atom is 0.236 e. The summed E-state index contributed by atoms with van der Waals surface area (Å²) in [5.74, 6) is -0.333. The van der Waals surface area contributed by atoms with Crippen molar-refractivity contribution in [1.82, 2.24) is 5.32 Å². The Hall–Kier alpha value is -1.07. The molecule has 1 aromatic carbocycles. The maximum atomic E-state index is 10.8. The van der Waals surface area contributed by atoms with Gasteiger partial charge >= 0.3 is 0 Å². The average Bonchev–Trinajstić information content (AvgIpc) is 2.26. The number of carbonyl (C=O) groups excluding carboxylic acids is 1. The molecule has 0 aliphatic heterocycles. The SMILES string of the molecule is CCNCc1ccc(N(C)CC(N)=O)cc1Br. The van der Waals surface area contributed by atoms with Crippen LogP contribution in [0.4, 0.5) is 5.69 Å². The molecule has 3 N–H and O–H groups in total. The highest BCUT2D eigenvalue weighted by atomic mass is 79.9. The van der Waals surface area contributed by atoms with E-state index in [9.17, 15) is 4.79 Å². The summed E-state index contributed by atoms with van der Waals surface area (Å²) in [7, 11) is 1.84. The van der Waals surface area contributed by atoms with E-state index in [2.05, 4.69) is 28.2 Å². The smallest absolute Gasteiger partial charge is 0.236 e. The number of likely N-dealkylation sites (N-methyl/N-ethyl adjacent to an activating group) is 1. The van der Waals surface area contributed by atoms with E-state index in [0.717, 1.165) is 23.2 Å². The van der Waals surface area contributed by atoms with Crippen molar-refractivity contribution in [3.63, 3.8) is 0 Å². The van der Waals surface area contributed by atoms with E-state index in [4.69, 9.17) is 5.73 Å². The topological polar surface area (TPSA) is 58.4 Å². The fraction of sp³-hybridized carbons (Fsp3) is 0.417. The molecule has 0 unspecified atom stereocenters. The van der Waals surface area contributed by atoms with Gasteiger partial charge in [0.15, 0.2) is 0 Å². The summed E-state index contributed by atoms with van der Waals surface area (Å²) in [5, 5.41) is 3.27. The normalized spacial score (nSPS) is 10.3. The molecular weight excluding hydrogens is 282 g/mol. The van der Waals surface area contributed by atoms with E-state index in [1.54, 1.807) is 0 Å². The molecule has 1 aromatic rings. The predicted molar refractivity (Wildman–Crippen MR) is 74.0 cm³/mol. The van der Waals surface area contributed by atoms with E-state index < -0.39 is 0 Å². The highest BCUT2D eigenvalue weighted by Crippen LogP contribution is 2.23. The third kappa shape index (κ3) is 4.36. The quantitative estimate of drug-likeness (QED) is 0.836. The summed E-state index contributed by atoms with van der Waals surface area (Å²) in [6, 6.07) is 6.02. The van der Waals surface area contributed by atoms with Crippen molar-refractivity contribution < 1.29 is 4.79 Å². The lowest BCUT2D eigenvalue weighted by Gasteiger charge is -2.18. The fourth-order valence-corrected chi connectivity index (χ4v) is 2.01. The summed E-state index contributed by atoms with van der Waals surface area (Å²) in [6.07, 6.45) is 0. The number of halogens is 1. The van der Waals surface area contributed by atoms with Gasteiger partial charge in [0, 0.05) is 23.8 Å². The minimum absolute atomic E-state index is 0.221. The minimum Gasteiger partial charge on any atom is -0.368 e. The zero-order chi connectivity index (χ0) is 12.8. The monoisotopic (exact) mass is 299 g/mol. The molecule has 0 saturated carbocycles. The number of benzene rings is 1. The van der Waals surface area contributed by atoms with Crippen LogP contribution in [0.3, 0.4) is 0 Å². The number of hydrogen-bond donors (Lipinski definition) is 2. The summed E-state index contributed by atoms with van der Waals surface area (Å²) >= 11 is 3.53. The molecule has 0 spiro atoms. The predicted octanol–water partition coefficient (Wildman–Crippen LogP) is 1.48. The second kappa shape index (κ2) is 6.61. The van der Waals surface area contributed by atoms with Gasteiger partial charge in [-0.1, -0.05) is 28.9 Å². The molecule has 0 aromatic heterocycles. The molecule has 0 bridgehead atoms. The Labute approximate surface area is 110 Å². The summed E-state index contributed by atoms with van der Waals surface area (Å²) < 4.78 is 1.03. The molecular formula is C12H18BrN3O. The third-order valence-electron chi connectivity index (χ3n) is 2.44. The van der Waals surface area contributed by atoms with Crippen LogP contribution >= 0.6 is 15.9 Å². The Morgan fingerprint density at radius 1 is 1.53 bits per heavy atom. The van der Waals surface area contributed by atoms with Crippen molar-refractivity contribution >= 4 is 27.5 Å². The first-order chi connectivity index (χ1) is 8.04. The van der Waals surface area contributed by atoms with Crippen molar-refractivity contribution in [3.05, 3.63) is 28.2 Å². The largest absolute Gasteiger partial charge is 0.368 e. The number of nitrogens with one attached hydrogen (secondary N) is 1. The van der Waals surface area contributed by atoms with Crippen molar-refractivity contribution in [2.24, 2.45) is 5.73 Å².